The third kappa shape index (κ3) is 3.45. The van der Waals surface area contributed by atoms with Gasteiger partial charge in [-0.3, -0.25) is 4.79 Å². The van der Waals surface area contributed by atoms with Crippen molar-refractivity contribution in [2.24, 2.45) is 0 Å². The number of aromatic nitrogens is 1. The number of amides is 1. The molecule has 0 spiro atoms. The summed E-state index contributed by atoms with van der Waals surface area (Å²) < 4.78 is 10.6. The topological polar surface area (TPSA) is 63.3 Å². The van der Waals surface area contributed by atoms with Crippen LogP contribution in [0.5, 0.6) is 11.5 Å². The number of aryl methyl sites for hydroxylation is 1. The summed E-state index contributed by atoms with van der Waals surface area (Å²) in [5.41, 5.74) is 3.91. The van der Waals surface area contributed by atoms with Gasteiger partial charge in [0.15, 0.2) is 0 Å². The predicted octanol–water partition coefficient (Wildman–Crippen LogP) is 3.47. The van der Waals surface area contributed by atoms with E-state index in [1.807, 2.05) is 37.3 Å². The van der Waals surface area contributed by atoms with E-state index < -0.39 is 0 Å². The van der Waals surface area contributed by atoms with Gasteiger partial charge >= 0.3 is 0 Å². The molecule has 2 N–H and O–H groups in total. The fourth-order valence-electron chi connectivity index (χ4n) is 3.04. The lowest BCUT2D eigenvalue weighted by molar-refractivity contribution is 0.0951. The maximum Gasteiger partial charge on any atom is 0.255 e. The molecule has 1 amide bonds. The molecule has 0 radical (unpaired) electrons. The van der Waals surface area contributed by atoms with E-state index in [0.29, 0.717) is 17.9 Å². The molecule has 0 saturated heterocycles. The Morgan fingerprint density at radius 2 is 1.92 bits per heavy atom. The Hall–Kier alpha value is -2.95. The first-order chi connectivity index (χ1) is 12.1. The van der Waals surface area contributed by atoms with Gasteiger partial charge in [-0.05, 0) is 49.2 Å². The quantitative estimate of drug-likeness (QED) is 0.723. The van der Waals surface area contributed by atoms with Crippen LogP contribution in [0.1, 0.15) is 21.6 Å². The summed E-state index contributed by atoms with van der Waals surface area (Å²) in [6, 6.07) is 13.2. The van der Waals surface area contributed by atoms with E-state index in [1.54, 1.807) is 26.4 Å². The van der Waals surface area contributed by atoms with Crippen LogP contribution < -0.4 is 14.8 Å². The van der Waals surface area contributed by atoms with Crippen molar-refractivity contribution < 1.29 is 14.3 Å². The lowest BCUT2D eigenvalue weighted by Crippen LogP contribution is -2.26. The summed E-state index contributed by atoms with van der Waals surface area (Å²) >= 11 is 0. The van der Waals surface area contributed by atoms with Crippen molar-refractivity contribution in [2.45, 2.75) is 13.3 Å². The van der Waals surface area contributed by atoms with E-state index in [4.69, 9.17) is 9.47 Å². The molecule has 0 bridgehead atoms. The van der Waals surface area contributed by atoms with Gasteiger partial charge in [-0.1, -0.05) is 12.1 Å². The molecule has 3 rings (SSSR count). The SMILES string of the molecule is COc1ccc2[nH]c(C)c(CCNC(=O)c3ccccc3OC)c2c1. The second-order valence-corrected chi connectivity index (χ2v) is 5.85. The Morgan fingerprint density at radius 3 is 2.68 bits per heavy atom. The van der Waals surface area contributed by atoms with Crippen molar-refractivity contribution in [3.63, 3.8) is 0 Å². The first-order valence-corrected chi connectivity index (χ1v) is 8.20. The number of carbonyl (C=O) groups excluding carboxylic acids is 1. The lowest BCUT2D eigenvalue weighted by atomic mass is 10.1. The third-order valence-electron chi connectivity index (χ3n) is 4.34. The van der Waals surface area contributed by atoms with Crippen molar-refractivity contribution in [3.8, 4) is 11.5 Å². The van der Waals surface area contributed by atoms with E-state index in [2.05, 4.69) is 10.3 Å². The van der Waals surface area contributed by atoms with Gasteiger partial charge in [0.1, 0.15) is 11.5 Å². The number of benzene rings is 2. The molecule has 0 fully saturated rings. The highest BCUT2D eigenvalue weighted by Gasteiger charge is 2.13. The molecular formula is C20H22N2O3. The average Bonchev–Trinajstić information content (AvgIpc) is 2.96. The van der Waals surface area contributed by atoms with Crippen LogP contribution in [0.3, 0.4) is 0 Å². The fourth-order valence-corrected chi connectivity index (χ4v) is 3.04. The number of ether oxygens (including phenoxy) is 2. The predicted molar refractivity (Wildman–Crippen MR) is 98.6 cm³/mol. The highest BCUT2D eigenvalue weighted by molar-refractivity contribution is 5.97. The van der Waals surface area contributed by atoms with Gasteiger partial charge in [-0.15, -0.1) is 0 Å². The third-order valence-corrected chi connectivity index (χ3v) is 4.34. The molecule has 0 aliphatic heterocycles. The molecule has 0 saturated carbocycles. The lowest BCUT2D eigenvalue weighted by Gasteiger charge is -2.09. The maximum absolute atomic E-state index is 12.4. The number of hydrogen-bond acceptors (Lipinski definition) is 3. The number of fused-ring (bicyclic) bond motifs is 1. The number of nitrogens with one attached hydrogen (secondary N) is 2. The number of aromatic amines is 1. The van der Waals surface area contributed by atoms with Crippen molar-refractivity contribution in [2.75, 3.05) is 20.8 Å². The summed E-state index contributed by atoms with van der Waals surface area (Å²) in [7, 11) is 3.22. The Kier molecular flexibility index (Phi) is 4.93. The standard InChI is InChI=1S/C20H22N2O3/c1-13-15(17-12-14(24-2)8-9-18(17)22-13)10-11-21-20(23)16-6-4-5-7-19(16)25-3/h4-9,12,22H,10-11H2,1-3H3,(H,21,23). The van der Waals surface area contributed by atoms with E-state index in [9.17, 15) is 4.79 Å². The zero-order valence-corrected chi connectivity index (χ0v) is 14.7. The van der Waals surface area contributed by atoms with E-state index in [1.165, 1.54) is 5.56 Å². The van der Waals surface area contributed by atoms with Crippen molar-refractivity contribution in [1.29, 1.82) is 0 Å². The number of methoxy groups -OCH3 is 2. The normalized spacial score (nSPS) is 10.7. The largest absolute Gasteiger partial charge is 0.497 e. The number of hydrogen-bond donors (Lipinski definition) is 2. The molecule has 1 aromatic heterocycles. The Morgan fingerprint density at radius 1 is 1.12 bits per heavy atom. The van der Waals surface area contributed by atoms with E-state index >= 15 is 0 Å². The van der Waals surface area contributed by atoms with Gasteiger partial charge in [0, 0.05) is 23.1 Å². The van der Waals surface area contributed by atoms with Crippen LogP contribution in [0.4, 0.5) is 0 Å². The first kappa shape index (κ1) is 16.9. The second kappa shape index (κ2) is 7.30. The van der Waals surface area contributed by atoms with E-state index in [0.717, 1.165) is 28.8 Å². The van der Waals surface area contributed by atoms with Crippen LogP contribution in [0.15, 0.2) is 42.5 Å². The van der Waals surface area contributed by atoms with Crippen LogP contribution in [-0.4, -0.2) is 31.7 Å². The summed E-state index contributed by atoms with van der Waals surface area (Å²) in [4.78, 5) is 15.8. The highest BCUT2D eigenvalue weighted by Crippen LogP contribution is 2.26. The summed E-state index contributed by atoms with van der Waals surface area (Å²) in [6.45, 7) is 2.59. The zero-order chi connectivity index (χ0) is 17.8. The number of para-hydroxylation sites is 1. The van der Waals surface area contributed by atoms with E-state index in [-0.39, 0.29) is 5.91 Å². The molecule has 5 heteroatoms. The van der Waals surface area contributed by atoms with Crippen LogP contribution in [-0.2, 0) is 6.42 Å². The average molecular weight is 338 g/mol. The second-order valence-electron chi connectivity index (χ2n) is 5.85. The van der Waals surface area contributed by atoms with Crippen molar-refractivity contribution >= 4 is 16.8 Å². The van der Waals surface area contributed by atoms with Gasteiger partial charge in [-0.25, -0.2) is 0 Å². The Balaban J connectivity index is 1.73. The molecule has 1 heterocycles. The smallest absolute Gasteiger partial charge is 0.255 e. The molecule has 0 unspecified atom stereocenters. The highest BCUT2D eigenvalue weighted by atomic mass is 16.5. The van der Waals surface area contributed by atoms with Gasteiger partial charge in [0.25, 0.3) is 5.91 Å². The summed E-state index contributed by atoms with van der Waals surface area (Å²) in [5, 5.41) is 4.10. The van der Waals surface area contributed by atoms with Gasteiger partial charge in [-0.2, -0.15) is 0 Å². The molecule has 3 aromatic rings. The van der Waals surface area contributed by atoms with Crippen LogP contribution in [0.2, 0.25) is 0 Å². The minimum atomic E-state index is -0.132. The minimum absolute atomic E-state index is 0.132. The molecule has 130 valence electrons. The van der Waals surface area contributed by atoms with Gasteiger partial charge < -0.3 is 19.8 Å². The number of carbonyl (C=O) groups is 1. The number of rotatable bonds is 6. The van der Waals surface area contributed by atoms with Crippen LogP contribution in [0.25, 0.3) is 10.9 Å². The molecule has 0 atom stereocenters. The molecule has 25 heavy (non-hydrogen) atoms. The maximum atomic E-state index is 12.4. The zero-order valence-electron chi connectivity index (χ0n) is 14.7. The van der Waals surface area contributed by atoms with Gasteiger partial charge in [0.2, 0.25) is 0 Å². The van der Waals surface area contributed by atoms with Crippen LogP contribution >= 0.6 is 0 Å². The van der Waals surface area contributed by atoms with Crippen LogP contribution in [0, 0.1) is 6.92 Å². The molecular weight excluding hydrogens is 316 g/mol. The fraction of sp³-hybridized carbons (Fsp3) is 0.250. The summed E-state index contributed by atoms with van der Waals surface area (Å²) in [6.07, 6.45) is 0.736. The summed E-state index contributed by atoms with van der Waals surface area (Å²) in [5.74, 6) is 1.27. The monoisotopic (exact) mass is 338 g/mol. The number of H-pyrrole nitrogens is 1. The molecule has 5 nitrogen and oxygen atoms in total. The first-order valence-electron chi connectivity index (χ1n) is 8.20. The van der Waals surface area contributed by atoms with Crippen molar-refractivity contribution in [1.82, 2.24) is 10.3 Å². The molecule has 2 aromatic carbocycles. The van der Waals surface area contributed by atoms with Gasteiger partial charge in [0.05, 0.1) is 19.8 Å². The molecule has 0 aliphatic carbocycles. The minimum Gasteiger partial charge on any atom is -0.497 e. The molecule has 0 aliphatic rings. The Labute approximate surface area is 147 Å². The Bertz CT molecular complexity index is 899. The van der Waals surface area contributed by atoms with Crippen molar-refractivity contribution in [3.05, 3.63) is 59.3 Å².